The zero-order valence-corrected chi connectivity index (χ0v) is 18.6. The van der Waals surface area contributed by atoms with E-state index in [9.17, 15) is 4.79 Å². The number of carbonyl (C=O) groups excluding carboxylic acids is 1. The topological polar surface area (TPSA) is 84.7 Å². The first-order valence-corrected chi connectivity index (χ1v) is 11.3. The van der Waals surface area contributed by atoms with Crippen molar-refractivity contribution in [3.05, 3.63) is 70.9 Å². The van der Waals surface area contributed by atoms with E-state index in [4.69, 9.17) is 0 Å². The molecule has 3 aromatic heterocycles. The smallest absolute Gasteiger partial charge is 0.251 e. The minimum atomic E-state index is -0.0522. The predicted molar refractivity (Wildman–Crippen MR) is 124 cm³/mol. The second-order valence-corrected chi connectivity index (χ2v) is 8.48. The lowest BCUT2D eigenvalue weighted by atomic mass is 10.1. The Hall–Kier alpha value is -3.26. The Balaban J connectivity index is 1.32. The number of hydrogen-bond acceptors (Lipinski definition) is 6. The maximum atomic E-state index is 12.3. The van der Waals surface area contributed by atoms with E-state index in [2.05, 4.69) is 38.6 Å². The van der Waals surface area contributed by atoms with E-state index in [-0.39, 0.29) is 5.91 Å². The van der Waals surface area contributed by atoms with Crippen molar-refractivity contribution in [2.24, 2.45) is 0 Å². The Morgan fingerprint density at radius 1 is 1.19 bits per heavy atom. The molecule has 4 aromatic rings. The molecule has 1 amide bonds. The Morgan fingerprint density at radius 3 is 2.77 bits per heavy atom. The van der Waals surface area contributed by atoms with Gasteiger partial charge in [0.15, 0.2) is 0 Å². The molecule has 0 bridgehead atoms. The van der Waals surface area contributed by atoms with Gasteiger partial charge in [0, 0.05) is 42.5 Å². The van der Waals surface area contributed by atoms with Gasteiger partial charge in [0.1, 0.15) is 16.5 Å². The molecule has 7 nitrogen and oxygen atoms in total. The highest BCUT2D eigenvalue weighted by atomic mass is 32.1. The molecule has 1 aromatic carbocycles. The molecule has 0 aliphatic carbocycles. The van der Waals surface area contributed by atoms with Crippen LogP contribution in [0.4, 0.5) is 5.82 Å². The summed E-state index contributed by atoms with van der Waals surface area (Å²) < 4.78 is 2.00. The normalized spacial score (nSPS) is 11.0. The fourth-order valence-electron chi connectivity index (χ4n) is 3.33. The number of nitrogens with zero attached hydrogens (tertiary/aromatic N) is 4. The summed E-state index contributed by atoms with van der Waals surface area (Å²) in [4.78, 5) is 27.8. The molecule has 0 spiro atoms. The molecule has 0 unspecified atom stereocenters. The van der Waals surface area contributed by atoms with Crippen molar-refractivity contribution in [1.29, 1.82) is 0 Å². The fraction of sp³-hybridized carbons (Fsp3) is 0.304. The Labute approximate surface area is 185 Å². The number of anilines is 1. The molecule has 0 saturated heterocycles. The zero-order chi connectivity index (χ0) is 21.6. The zero-order valence-electron chi connectivity index (χ0n) is 17.8. The number of hydrogen-bond donors (Lipinski definition) is 2. The summed E-state index contributed by atoms with van der Waals surface area (Å²) in [5, 5.41) is 7.47. The molecule has 31 heavy (non-hydrogen) atoms. The van der Waals surface area contributed by atoms with Crippen LogP contribution in [-0.2, 0) is 19.5 Å². The van der Waals surface area contributed by atoms with E-state index in [1.54, 1.807) is 23.9 Å². The van der Waals surface area contributed by atoms with Gasteiger partial charge in [-0.1, -0.05) is 19.1 Å². The summed E-state index contributed by atoms with van der Waals surface area (Å²) >= 11 is 1.72. The minimum absolute atomic E-state index is 0.0522. The number of benzene rings is 1. The van der Waals surface area contributed by atoms with Crippen LogP contribution in [0.3, 0.4) is 0 Å². The third-order valence-electron chi connectivity index (χ3n) is 5.02. The summed E-state index contributed by atoms with van der Waals surface area (Å²) in [6, 6.07) is 9.85. The van der Waals surface area contributed by atoms with Crippen molar-refractivity contribution in [3.8, 4) is 0 Å². The van der Waals surface area contributed by atoms with Gasteiger partial charge in [-0.2, -0.15) is 0 Å². The van der Waals surface area contributed by atoms with E-state index >= 15 is 0 Å². The quantitative estimate of drug-likeness (QED) is 0.386. The maximum absolute atomic E-state index is 12.3. The molecule has 8 heteroatoms. The first-order valence-electron chi connectivity index (χ1n) is 10.5. The van der Waals surface area contributed by atoms with Gasteiger partial charge in [-0.05, 0) is 43.5 Å². The molecule has 0 atom stereocenters. The first kappa shape index (κ1) is 21.0. The van der Waals surface area contributed by atoms with Gasteiger partial charge >= 0.3 is 0 Å². The number of rotatable bonds is 9. The van der Waals surface area contributed by atoms with Crippen LogP contribution in [0.1, 0.15) is 40.0 Å². The summed E-state index contributed by atoms with van der Waals surface area (Å²) in [6.45, 7) is 6.16. The van der Waals surface area contributed by atoms with E-state index in [0.717, 1.165) is 46.8 Å². The number of aromatic nitrogens is 4. The molecule has 160 valence electrons. The third-order valence-corrected chi connectivity index (χ3v) is 6.19. The van der Waals surface area contributed by atoms with Gasteiger partial charge < -0.3 is 15.2 Å². The molecule has 3 heterocycles. The number of amides is 1. The monoisotopic (exact) mass is 434 g/mol. The van der Waals surface area contributed by atoms with Crippen molar-refractivity contribution in [3.63, 3.8) is 0 Å². The number of imidazole rings is 1. The molecule has 2 N–H and O–H groups in total. The molecule has 0 aliphatic rings. The van der Waals surface area contributed by atoms with Gasteiger partial charge in [0.25, 0.3) is 5.91 Å². The summed E-state index contributed by atoms with van der Waals surface area (Å²) in [5.41, 5.74) is 1.75. The summed E-state index contributed by atoms with van der Waals surface area (Å²) in [5.74, 6) is 1.57. The molecule has 4 rings (SSSR count). The maximum Gasteiger partial charge on any atom is 0.251 e. The fourth-order valence-corrected chi connectivity index (χ4v) is 4.34. The summed E-state index contributed by atoms with van der Waals surface area (Å²) in [6.07, 6.45) is 7.31. The highest BCUT2D eigenvalue weighted by Crippen LogP contribution is 2.29. The number of aryl methyl sites for hydroxylation is 3. The summed E-state index contributed by atoms with van der Waals surface area (Å²) in [7, 11) is 0. The minimum Gasteiger partial charge on any atom is -0.365 e. The number of carbonyl (C=O) groups is 1. The Bertz CT molecular complexity index is 1150. The Kier molecular flexibility index (Phi) is 6.57. The molecule has 0 saturated carbocycles. The van der Waals surface area contributed by atoms with Crippen LogP contribution in [0.25, 0.3) is 10.2 Å². The highest BCUT2D eigenvalue weighted by molar-refractivity contribution is 7.18. The highest BCUT2D eigenvalue weighted by Gasteiger charge is 2.10. The van der Waals surface area contributed by atoms with E-state index < -0.39 is 0 Å². The lowest BCUT2D eigenvalue weighted by molar-refractivity contribution is 0.0952. The van der Waals surface area contributed by atoms with Crippen LogP contribution in [0.5, 0.6) is 0 Å². The van der Waals surface area contributed by atoms with E-state index in [0.29, 0.717) is 18.7 Å². The van der Waals surface area contributed by atoms with Gasteiger partial charge in [-0.15, -0.1) is 11.3 Å². The van der Waals surface area contributed by atoms with Crippen molar-refractivity contribution in [2.45, 2.75) is 39.8 Å². The molecular weight excluding hydrogens is 408 g/mol. The molecule has 0 fully saturated rings. The van der Waals surface area contributed by atoms with Crippen LogP contribution in [-0.4, -0.2) is 32.0 Å². The van der Waals surface area contributed by atoms with Crippen LogP contribution in [0.15, 0.2) is 49.1 Å². The second-order valence-electron chi connectivity index (χ2n) is 7.36. The van der Waals surface area contributed by atoms with Crippen LogP contribution in [0, 0.1) is 6.92 Å². The van der Waals surface area contributed by atoms with Gasteiger partial charge in [0.2, 0.25) is 0 Å². The standard InChI is InChI=1S/C23H26N6OS/c1-3-19-13-20-21(27-16(2)28-23(20)31-19)26-14-17-5-7-18(8-6-17)22(30)25-9-4-11-29-12-10-24-15-29/h5-8,10,12-13,15H,3-4,9,11,14H2,1-2H3,(H,25,30)(H,26,27,28). The Morgan fingerprint density at radius 2 is 2.03 bits per heavy atom. The number of nitrogens with one attached hydrogen (secondary N) is 2. The number of thiophene rings is 1. The van der Waals surface area contributed by atoms with E-state index in [1.165, 1.54) is 4.88 Å². The van der Waals surface area contributed by atoms with Gasteiger partial charge in [0.05, 0.1) is 11.7 Å². The van der Waals surface area contributed by atoms with Crippen molar-refractivity contribution >= 4 is 33.3 Å². The molecule has 0 radical (unpaired) electrons. The average molecular weight is 435 g/mol. The number of fused-ring (bicyclic) bond motifs is 1. The average Bonchev–Trinajstić information content (AvgIpc) is 3.44. The largest absolute Gasteiger partial charge is 0.365 e. The third kappa shape index (κ3) is 5.27. The van der Waals surface area contributed by atoms with Crippen molar-refractivity contribution < 1.29 is 4.79 Å². The van der Waals surface area contributed by atoms with Crippen LogP contribution < -0.4 is 10.6 Å². The van der Waals surface area contributed by atoms with Crippen molar-refractivity contribution in [2.75, 3.05) is 11.9 Å². The van der Waals surface area contributed by atoms with E-state index in [1.807, 2.05) is 42.0 Å². The molecule has 0 aliphatic heterocycles. The lowest BCUT2D eigenvalue weighted by Gasteiger charge is -2.09. The van der Waals surface area contributed by atoms with Gasteiger partial charge in [-0.3, -0.25) is 4.79 Å². The van der Waals surface area contributed by atoms with Crippen LogP contribution >= 0.6 is 11.3 Å². The first-order chi connectivity index (χ1) is 15.1. The van der Waals surface area contributed by atoms with Gasteiger partial charge in [-0.25, -0.2) is 15.0 Å². The predicted octanol–water partition coefficient (Wildman–Crippen LogP) is 4.19. The van der Waals surface area contributed by atoms with Crippen LogP contribution in [0.2, 0.25) is 0 Å². The van der Waals surface area contributed by atoms with Crippen molar-refractivity contribution in [1.82, 2.24) is 24.8 Å². The molecular formula is C23H26N6OS. The second kappa shape index (κ2) is 9.70. The SMILES string of the molecule is CCc1cc2c(NCc3ccc(C(=O)NCCCn4ccnc4)cc3)nc(C)nc2s1. The lowest BCUT2D eigenvalue weighted by Crippen LogP contribution is -2.25.